The van der Waals surface area contributed by atoms with Gasteiger partial charge in [-0.2, -0.15) is 0 Å². The fourth-order valence-corrected chi connectivity index (χ4v) is 0.500. The Morgan fingerprint density at radius 1 is 1.33 bits per heavy atom. The van der Waals surface area contributed by atoms with E-state index >= 15 is 0 Å². The predicted molar refractivity (Wildman–Crippen MR) is 29.5 cm³/mol. The van der Waals surface area contributed by atoms with Crippen LogP contribution in [0, 0.1) is 5.92 Å². The third-order valence-electron chi connectivity index (χ3n) is 0.750. The van der Waals surface area contributed by atoms with Crippen LogP contribution in [0.15, 0.2) is 0 Å². The van der Waals surface area contributed by atoms with Crippen LogP contribution in [-0.4, -0.2) is 0 Å². The summed E-state index contributed by atoms with van der Waals surface area (Å²) >= 11 is 0. The average Bonchev–Trinajstić information content (AvgIpc) is 1.35. The topological polar surface area (TPSA) is 0 Å². The van der Waals surface area contributed by atoms with Crippen LogP contribution in [0.2, 0.25) is 0 Å². The van der Waals surface area contributed by atoms with Gasteiger partial charge in [-0.3, -0.25) is 0 Å². The van der Waals surface area contributed by atoms with Crippen LogP contribution in [-0.2, 0) is 0 Å². The Morgan fingerprint density at radius 3 is 1.83 bits per heavy atom. The number of rotatable bonds is 2. The van der Waals surface area contributed by atoms with Crippen LogP contribution in [0.25, 0.3) is 0 Å². The van der Waals surface area contributed by atoms with Crippen LogP contribution in [0.3, 0.4) is 0 Å². The zero-order valence-corrected chi connectivity index (χ0v) is 4.91. The van der Waals surface area contributed by atoms with E-state index in [2.05, 4.69) is 20.8 Å². The monoisotopic (exact) mass is 85.1 g/mol. The van der Waals surface area contributed by atoms with Crippen molar-refractivity contribution in [2.75, 3.05) is 0 Å². The molecule has 0 amide bonds. The molecule has 1 radical (unpaired) electrons. The summed E-state index contributed by atoms with van der Waals surface area (Å²) in [7, 11) is 0. The first kappa shape index (κ1) is 6.00. The van der Waals surface area contributed by atoms with Crippen molar-refractivity contribution in [2.45, 2.75) is 33.6 Å². The maximum Gasteiger partial charge on any atom is -0.0303 e. The van der Waals surface area contributed by atoms with Crippen molar-refractivity contribution in [1.82, 2.24) is 0 Å². The molecule has 0 aromatic rings. The summed E-state index contributed by atoms with van der Waals surface area (Å²) in [5.41, 5.74) is 0. The van der Waals surface area contributed by atoms with E-state index in [-0.39, 0.29) is 0 Å². The second-order valence-corrected chi connectivity index (χ2v) is 1.96. The van der Waals surface area contributed by atoms with Gasteiger partial charge < -0.3 is 0 Å². The maximum atomic E-state index is 2.20. The Balaban J connectivity index is 2.63. The summed E-state index contributed by atoms with van der Waals surface area (Å²) in [6.07, 6.45) is 2.59. The average molecular weight is 85.2 g/mol. The highest BCUT2D eigenvalue weighted by atomic mass is 13.9. The van der Waals surface area contributed by atoms with E-state index in [0.29, 0.717) is 0 Å². The molecule has 0 heteroatoms. The first-order valence-corrected chi connectivity index (χ1v) is 2.56. The van der Waals surface area contributed by atoms with Crippen LogP contribution >= 0.6 is 0 Å². The summed E-state index contributed by atoms with van der Waals surface area (Å²) in [5, 5.41) is 0. The molecule has 0 saturated heterocycles. The highest BCUT2D eigenvalue weighted by Gasteiger charge is 1.86. The van der Waals surface area contributed by atoms with E-state index in [1.165, 1.54) is 18.8 Å². The molecule has 0 aromatic heterocycles. The van der Waals surface area contributed by atoms with Crippen molar-refractivity contribution >= 4 is 0 Å². The highest BCUT2D eigenvalue weighted by molar-refractivity contribution is 4.74. The molecule has 0 nitrogen and oxygen atoms in total. The van der Waals surface area contributed by atoms with Gasteiger partial charge in [0.05, 0.1) is 0 Å². The largest absolute Gasteiger partial charge is 0.0654 e. The van der Waals surface area contributed by atoms with Crippen molar-refractivity contribution in [2.24, 2.45) is 0 Å². The molecule has 0 rings (SSSR count). The summed E-state index contributed by atoms with van der Waals surface area (Å²) in [4.78, 5) is 0. The normalized spacial score (nSPS) is 10.0. The van der Waals surface area contributed by atoms with Crippen molar-refractivity contribution in [1.29, 1.82) is 0 Å². The van der Waals surface area contributed by atoms with Gasteiger partial charge in [-0.05, 0) is 12.3 Å². The van der Waals surface area contributed by atoms with Crippen LogP contribution in [0.4, 0.5) is 0 Å². The van der Waals surface area contributed by atoms with Crippen molar-refractivity contribution < 1.29 is 0 Å². The molecule has 0 heterocycles. The molecule has 0 aliphatic carbocycles. The van der Waals surface area contributed by atoms with Gasteiger partial charge in [-0.15, -0.1) is 0 Å². The summed E-state index contributed by atoms with van der Waals surface area (Å²) in [6.45, 7) is 6.54. The molecule has 0 aromatic carbocycles. The molecular formula is C6H13. The third-order valence-corrected chi connectivity index (χ3v) is 0.750. The van der Waals surface area contributed by atoms with Crippen LogP contribution in [0.5, 0.6) is 0 Å². The van der Waals surface area contributed by atoms with E-state index in [4.69, 9.17) is 0 Å². The van der Waals surface area contributed by atoms with Gasteiger partial charge in [0.25, 0.3) is 0 Å². The molecule has 37 valence electrons. The SMILES string of the molecule is CCC[C](C)C. The van der Waals surface area contributed by atoms with Gasteiger partial charge in [0, 0.05) is 0 Å². The molecule has 0 aliphatic heterocycles. The van der Waals surface area contributed by atoms with Crippen LogP contribution in [0.1, 0.15) is 33.6 Å². The lowest BCUT2D eigenvalue weighted by Gasteiger charge is -1.95. The summed E-state index contributed by atoms with van der Waals surface area (Å²) in [5.74, 6) is 1.54. The fraction of sp³-hybridized carbons (Fsp3) is 0.833. The van der Waals surface area contributed by atoms with E-state index < -0.39 is 0 Å². The molecule has 0 unspecified atom stereocenters. The minimum atomic E-state index is 1.29. The van der Waals surface area contributed by atoms with E-state index in [1.54, 1.807) is 0 Å². The Labute approximate surface area is 40.6 Å². The lowest BCUT2D eigenvalue weighted by molar-refractivity contribution is 0.807. The molecule has 0 atom stereocenters. The maximum absolute atomic E-state index is 2.20. The Kier molecular flexibility index (Phi) is 3.20. The minimum absolute atomic E-state index is 1.29. The Hall–Kier alpha value is 0. The lowest BCUT2D eigenvalue weighted by atomic mass is 10.1. The Bertz CT molecular complexity index is 21.2. The van der Waals surface area contributed by atoms with Gasteiger partial charge >= 0.3 is 0 Å². The molecule has 0 fully saturated rings. The third kappa shape index (κ3) is 4.00. The second-order valence-electron chi connectivity index (χ2n) is 1.96. The molecular weight excluding hydrogens is 72.1 g/mol. The van der Waals surface area contributed by atoms with Crippen LogP contribution < -0.4 is 0 Å². The van der Waals surface area contributed by atoms with Gasteiger partial charge in [-0.1, -0.05) is 27.2 Å². The van der Waals surface area contributed by atoms with E-state index in [1.807, 2.05) is 0 Å². The summed E-state index contributed by atoms with van der Waals surface area (Å²) < 4.78 is 0. The van der Waals surface area contributed by atoms with Gasteiger partial charge in [0.1, 0.15) is 0 Å². The first-order chi connectivity index (χ1) is 2.77. The van der Waals surface area contributed by atoms with Gasteiger partial charge in [0.15, 0.2) is 0 Å². The molecule has 0 N–H and O–H groups in total. The van der Waals surface area contributed by atoms with Crippen molar-refractivity contribution in [3.63, 3.8) is 0 Å². The second kappa shape index (κ2) is 3.20. The fourth-order valence-electron chi connectivity index (χ4n) is 0.500. The van der Waals surface area contributed by atoms with E-state index in [0.717, 1.165) is 0 Å². The zero-order chi connectivity index (χ0) is 4.99. The molecule has 0 saturated carbocycles. The van der Waals surface area contributed by atoms with Gasteiger partial charge in [0.2, 0.25) is 0 Å². The smallest absolute Gasteiger partial charge is 0.0303 e. The quantitative estimate of drug-likeness (QED) is 0.483. The first-order valence-electron chi connectivity index (χ1n) is 2.56. The van der Waals surface area contributed by atoms with Crippen molar-refractivity contribution in [3.8, 4) is 0 Å². The van der Waals surface area contributed by atoms with E-state index in [9.17, 15) is 0 Å². The lowest BCUT2D eigenvalue weighted by Crippen LogP contribution is -1.78. The van der Waals surface area contributed by atoms with Crippen molar-refractivity contribution in [3.05, 3.63) is 5.92 Å². The molecule has 0 spiro atoms. The number of hydrogen-bond donors (Lipinski definition) is 0. The summed E-state index contributed by atoms with van der Waals surface area (Å²) in [6, 6.07) is 0. The zero-order valence-electron chi connectivity index (χ0n) is 4.91. The molecule has 6 heavy (non-hydrogen) atoms. The highest BCUT2D eigenvalue weighted by Crippen LogP contribution is 2.03. The minimum Gasteiger partial charge on any atom is -0.0654 e. The Morgan fingerprint density at radius 2 is 1.83 bits per heavy atom. The number of hydrogen-bond acceptors (Lipinski definition) is 0. The molecule has 0 bridgehead atoms. The van der Waals surface area contributed by atoms with Gasteiger partial charge in [-0.25, -0.2) is 0 Å². The molecule has 0 aliphatic rings. The predicted octanol–water partition coefficient (Wildman–Crippen LogP) is 2.40. The standard InChI is InChI=1S/C6H13/c1-4-5-6(2)3/h4-5H2,1-3H3.